The normalized spacial score (nSPS) is 15.0. The zero-order valence-electron chi connectivity index (χ0n) is 31.2. The first-order valence-corrected chi connectivity index (χ1v) is 20.9. The summed E-state index contributed by atoms with van der Waals surface area (Å²) < 4.78 is 57.8. The van der Waals surface area contributed by atoms with Crippen LogP contribution in [0.25, 0.3) is 0 Å². The third kappa shape index (κ3) is 47.3. The molecule has 280 valence electrons. The van der Waals surface area contributed by atoms with Crippen LogP contribution in [0.2, 0.25) is 0 Å². The van der Waals surface area contributed by atoms with Crippen LogP contribution in [0.3, 0.4) is 0 Å². The molecule has 51 heavy (non-hydrogen) atoms. The van der Waals surface area contributed by atoms with E-state index in [-0.39, 0.29) is 82.4 Å². The Hall–Kier alpha value is 1.26. The summed E-state index contributed by atoms with van der Waals surface area (Å²) >= 11 is 0. The van der Waals surface area contributed by atoms with Gasteiger partial charge in [-0.3, -0.25) is 17.8 Å². The van der Waals surface area contributed by atoms with Crippen molar-refractivity contribution in [3.05, 3.63) is 69.9 Å². The molecule has 0 bridgehead atoms. The Kier molecular flexibility index (Phi) is 39.0. The Morgan fingerprint density at radius 2 is 0.667 bits per heavy atom. The van der Waals surface area contributed by atoms with Gasteiger partial charge < -0.3 is 47.5 Å². The van der Waals surface area contributed by atoms with E-state index < -0.39 is 31.3 Å². The SMILES string of the molecule is CC(C)=CCCC(C)=CCCC(C)=CCOP(=O)([O-])OP(=O)([O-])[O-].CC(C)=CCCC(C)=CCCC(C)=CCOP(=O)([O-])OP(=O)([O-])[O-].[Mg+2].[Mg+2].[Mg+2]. The smallest absolute Gasteiger partial charge is 0.790 e. The van der Waals surface area contributed by atoms with Crippen molar-refractivity contribution in [2.24, 2.45) is 0 Å². The van der Waals surface area contributed by atoms with Gasteiger partial charge in [-0.15, -0.1) is 0 Å². The number of hydrogen-bond donors (Lipinski definition) is 0. The van der Waals surface area contributed by atoms with Crippen molar-refractivity contribution in [2.45, 2.75) is 107 Å². The Morgan fingerprint density at radius 1 is 0.431 bits per heavy atom. The summed E-state index contributed by atoms with van der Waals surface area (Å²) in [5.74, 6) is 0. The van der Waals surface area contributed by atoms with E-state index >= 15 is 0 Å². The number of allylic oxidation sites excluding steroid dienone is 10. The molecule has 0 aromatic heterocycles. The van der Waals surface area contributed by atoms with Gasteiger partial charge >= 0.3 is 69.2 Å². The number of phosphoric ester groups is 2. The molecule has 0 saturated heterocycles. The zero-order chi connectivity index (χ0) is 37.6. The quantitative estimate of drug-likeness (QED) is 0.0838. The molecule has 0 aliphatic rings. The van der Waals surface area contributed by atoms with Crippen molar-refractivity contribution in [3.63, 3.8) is 0 Å². The second-order valence-electron chi connectivity index (χ2n) is 11.5. The topological polar surface area (TPSA) is 244 Å². The molecule has 0 radical (unpaired) electrons. The molecule has 21 heteroatoms. The van der Waals surface area contributed by atoms with Crippen molar-refractivity contribution >= 4 is 100 Å². The first-order valence-electron chi connectivity index (χ1n) is 15.1. The fraction of sp³-hybridized carbons (Fsp3) is 0.600. The zero-order valence-corrected chi connectivity index (χ0v) is 39.0. The predicted octanol–water partition coefficient (Wildman–Crippen LogP) is 4.33. The van der Waals surface area contributed by atoms with Gasteiger partial charge in [0.15, 0.2) is 0 Å². The monoisotopic (exact) mass is 830 g/mol. The summed E-state index contributed by atoms with van der Waals surface area (Å²) in [6.07, 6.45) is 18.7. The van der Waals surface area contributed by atoms with Gasteiger partial charge in [-0.05, 0) is 107 Å². The van der Waals surface area contributed by atoms with Crippen molar-refractivity contribution in [2.75, 3.05) is 13.2 Å². The molecule has 0 amide bonds. The molecule has 2 unspecified atom stereocenters. The van der Waals surface area contributed by atoms with Gasteiger partial charge in [-0.25, -0.2) is 0 Å². The van der Waals surface area contributed by atoms with E-state index in [1.807, 2.05) is 0 Å². The van der Waals surface area contributed by atoms with Crippen LogP contribution in [0.4, 0.5) is 0 Å². The van der Waals surface area contributed by atoms with Crippen LogP contribution >= 0.6 is 31.3 Å². The summed E-state index contributed by atoms with van der Waals surface area (Å²) in [6, 6.07) is 0. The molecule has 14 nitrogen and oxygen atoms in total. The maximum absolute atomic E-state index is 11.0. The minimum Gasteiger partial charge on any atom is -0.790 e. The summed E-state index contributed by atoms with van der Waals surface area (Å²) in [7, 11) is -21.5. The van der Waals surface area contributed by atoms with Gasteiger partial charge in [0, 0.05) is 0 Å². The average Bonchev–Trinajstić information content (AvgIpc) is 2.85. The van der Waals surface area contributed by atoms with E-state index in [0.717, 1.165) is 62.5 Å². The number of rotatable bonds is 22. The molecule has 0 rings (SSSR count). The molecule has 0 fully saturated rings. The van der Waals surface area contributed by atoms with Crippen molar-refractivity contribution in [1.82, 2.24) is 0 Å². The molecule has 0 heterocycles. The second-order valence-corrected chi connectivity index (χ2v) is 16.9. The maximum atomic E-state index is 11.0. The van der Waals surface area contributed by atoms with Crippen molar-refractivity contribution in [3.8, 4) is 0 Å². The van der Waals surface area contributed by atoms with Crippen molar-refractivity contribution < 1.29 is 65.3 Å². The molecule has 0 aliphatic heterocycles. The molecule has 0 aromatic rings. The van der Waals surface area contributed by atoms with Gasteiger partial charge in [0.05, 0.1) is 28.9 Å². The molecule has 0 aliphatic carbocycles. The fourth-order valence-electron chi connectivity index (χ4n) is 3.51. The third-order valence-electron chi connectivity index (χ3n) is 5.97. The van der Waals surface area contributed by atoms with Gasteiger partial charge in [-0.2, -0.15) is 0 Å². The summed E-state index contributed by atoms with van der Waals surface area (Å²) in [5.41, 5.74) is 6.94. The van der Waals surface area contributed by atoms with E-state index in [4.69, 9.17) is 0 Å². The van der Waals surface area contributed by atoms with Crippen LogP contribution in [0.1, 0.15) is 107 Å². The van der Waals surface area contributed by atoms with Gasteiger partial charge in [0.2, 0.25) is 0 Å². The van der Waals surface area contributed by atoms with E-state index in [9.17, 15) is 47.6 Å². The minimum absolute atomic E-state index is 0. The van der Waals surface area contributed by atoms with Crippen LogP contribution in [0, 0.1) is 0 Å². The summed E-state index contributed by atoms with van der Waals surface area (Å²) in [6.45, 7) is 15.2. The predicted molar refractivity (Wildman–Crippen MR) is 193 cm³/mol. The third-order valence-corrected chi connectivity index (χ3v) is 10.1. The molecule has 0 N–H and O–H groups in total. The first-order chi connectivity index (χ1) is 21.8. The van der Waals surface area contributed by atoms with Gasteiger partial charge in [-0.1, -0.05) is 69.9 Å². The Morgan fingerprint density at radius 3 is 0.902 bits per heavy atom. The Labute approximate surface area is 352 Å². The van der Waals surface area contributed by atoms with E-state index in [1.165, 1.54) is 34.4 Å². The molecule has 2 atom stereocenters. The number of hydrogen-bond acceptors (Lipinski definition) is 14. The molecule has 0 aromatic carbocycles. The van der Waals surface area contributed by atoms with Crippen LogP contribution in [0.5, 0.6) is 0 Å². The van der Waals surface area contributed by atoms with Crippen LogP contribution in [-0.4, -0.2) is 82.4 Å². The summed E-state index contributed by atoms with van der Waals surface area (Å²) in [4.78, 5) is 63.0. The second kappa shape index (κ2) is 32.4. The maximum Gasteiger partial charge on any atom is 2.00 e. The Bertz CT molecular complexity index is 1260. The van der Waals surface area contributed by atoms with Crippen LogP contribution in [0.15, 0.2) is 69.9 Å². The van der Waals surface area contributed by atoms with Gasteiger partial charge in [0.1, 0.15) is 0 Å². The van der Waals surface area contributed by atoms with Gasteiger partial charge in [0.25, 0.3) is 15.6 Å². The standard InChI is InChI=1S/2C15H28O7P2.3Mg/c2*1-13(2)7-5-8-14(3)9-6-10-15(4)11-12-21-24(19,20)22-23(16,17)18;;;/h2*7,9,11H,5-6,8,10,12H2,1-4H3,(H,19,20)(H2,16,17,18);;;/q;;3*+2/p-6. The first kappa shape index (κ1) is 61.5. The van der Waals surface area contributed by atoms with Crippen LogP contribution in [-0.2, 0) is 35.9 Å². The molecule has 0 saturated carbocycles. The van der Waals surface area contributed by atoms with E-state index in [2.05, 4.69) is 83.5 Å². The molecular weight excluding hydrogens is 781 g/mol. The largest absolute Gasteiger partial charge is 2.00 e. The van der Waals surface area contributed by atoms with Crippen LogP contribution < -0.4 is 29.4 Å². The van der Waals surface area contributed by atoms with E-state index in [0.29, 0.717) is 0 Å². The fourth-order valence-corrected chi connectivity index (χ4v) is 6.36. The Balaban J connectivity index is -0.000000261. The minimum atomic E-state index is -5.63. The summed E-state index contributed by atoms with van der Waals surface area (Å²) in [5, 5.41) is 0. The molecular formula is C30H50Mg3O14P4. The average molecular weight is 832 g/mol. The van der Waals surface area contributed by atoms with E-state index in [1.54, 1.807) is 13.8 Å². The van der Waals surface area contributed by atoms with Crippen molar-refractivity contribution in [1.29, 1.82) is 0 Å². The molecule has 0 spiro atoms. The number of phosphoric acid groups is 4.